The number of carbonyl (C=O) groups is 1. The first-order valence-electron chi connectivity index (χ1n) is 9.18. The lowest BCUT2D eigenvalue weighted by Gasteiger charge is -2.33. The van der Waals surface area contributed by atoms with Crippen LogP contribution >= 0.6 is 11.6 Å². The molecular weight excluding hydrogens is 436 g/mol. The second-order valence-corrected chi connectivity index (χ2v) is 12.6. The second-order valence-electron chi connectivity index (χ2n) is 7.87. The molecule has 0 aromatic heterocycles. The van der Waals surface area contributed by atoms with E-state index in [0.717, 1.165) is 0 Å². The van der Waals surface area contributed by atoms with Gasteiger partial charge in [0.1, 0.15) is 5.94 Å². The van der Waals surface area contributed by atoms with E-state index in [0.29, 0.717) is 12.0 Å². The SMILES string of the molecule is CCS(=O)(=O)C1=C(c2ccc3c(c2Cl)S(=O)(=O)CCC3(C)C)C(=O)C(=C=O)CC1. The Morgan fingerprint density at radius 1 is 1.21 bits per heavy atom. The van der Waals surface area contributed by atoms with Crippen molar-refractivity contribution in [2.45, 2.75) is 50.3 Å². The van der Waals surface area contributed by atoms with E-state index in [1.54, 1.807) is 12.0 Å². The number of hydrogen-bond donors (Lipinski definition) is 0. The van der Waals surface area contributed by atoms with E-state index in [1.807, 2.05) is 13.8 Å². The summed E-state index contributed by atoms with van der Waals surface area (Å²) in [4.78, 5) is 23.9. The van der Waals surface area contributed by atoms with E-state index in [2.05, 4.69) is 0 Å². The lowest BCUT2D eigenvalue weighted by Crippen LogP contribution is -2.31. The molecule has 6 nitrogen and oxygen atoms in total. The van der Waals surface area contributed by atoms with Crippen LogP contribution in [0.3, 0.4) is 0 Å². The molecule has 0 bridgehead atoms. The van der Waals surface area contributed by atoms with E-state index >= 15 is 0 Å². The summed E-state index contributed by atoms with van der Waals surface area (Å²) >= 11 is 6.52. The van der Waals surface area contributed by atoms with E-state index in [4.69, 9.17) is 11.6 Å². The molecule has 1 heterocycles. The Balaban J connectivity index is 2.43. The molecule has 9 heteroatoms. The van der Waals surface area contributed by atoms with Crippen molar-refractivity contribution >= 4 is 48.6 Å². The van der Waals surface area contributed by atoms with Crippen LogP contribution in [0.5, 0.6) is 0 Å². The van der Waals surface area contributed by atoms with E-state index in [-0.39, 0.29) is 55.9 Å². The standard InChI is InChI=1S/C20H21ClO6S2/c1-4-28(24,25)15-8-5-12(11-22)18(23)16(15)13-6-7-14-19(17(13)21)29(26,27)10-9-20(14,2)3/h6-7H,4-5,8-10H2,1-3H3. The fourth-order valence-electron chi connectivity index (χ4n) is 3.82. The fraction of sp³-hybridized carbons (Fsp3) is 0.450. The van der Waals surface area contributed by atoms with Crippen LogP contribution in [0, 0.1) is 0 Å². The van der Waals surface area contributed by atoms with Crippen LogP contribution in [0.4, 0.5) is 0 Å². The van der Waals surface area contributed by atoms with Crippen LogP contribution in [0.25, 0.3) is 5.57 Å². The molecule has 0 N–H and O–H groups in total. The monoisotopic (exact) mass is 456 g/mol. The van der Waals surface area contributed by atoms with Gasteiger partial charge in [0.25, 0.3) is 0 Å². The van der Waals surface area contributed by atoms with Gasteiger partial charge in [-0.25, -0.2) is 21.6 Å². The number of carbonyl (C=O) groups excluding carboxylic acids is 2. The number of ketones is 1. The molecule has 1 aromatic carbocycles. The van der Waals surface area contributed by atoms with Crippen molar-refractivity contribution in [2.24, 2.45) is 0 Å². The minimum Gasteiger partial charge on any atom is -0.288 e. The smallest absolute Gasteiger partial charge is 0.201 e. The van der Waals surface area contributed by atoms with Gasteiger partial charge in [0.15, 0.2) is 19.7 Å². The Morgan fingerprint density at radius 2 is 1.86 bits per heavy atom. The zero-order chi connectivity index (χ0) is 21.8. The highest BCUT2D eigenvalue weighted by molar-refractivity contribution is 7.95. The minimum atomic E-state index is -3.77. The number of fused-ring (bicyclic) bond motifs is 1. The molecule has 1 aliphatic heterocycles. The summed E-state index contributed by atoms with van der Waals surface area (Å²) < 4.78 is 50.8. The Kier molecular flexibility index (Phi) is 5.45. The largest absolute Gasteiger partial charge is 0.288 e. The summed E-state index contributed by atoms with van der Waals surface area (Å²) in [6.07, 6.45) is 0.356. The van der Waals surface area contributed by atoms with Gasteiger partial charge in [0, 0.05) is 11.1 Å². The van der Waals surface area contributed by atoms with Crippen molar-refractivity contribution in [2.75, 3.05) is 11.5 Å². The number of halogens is 1. The van der Waals surface area contributed by atoms with Gasteiger partial charge >= 0.3 is 0 Å². The summed E-state index contributed by atoms with van der Waals surface area (Å²) in [6, 6.07) is 3.07. The van der Waals surface area contributed by atoms with E-state index in [1.165, 1.54) is 13.0 Å². The van der Waals surface area contributed by atoms with Gasteiger partial charge in [-0.3, -0.25) is 4.79 Å². The first kappa shape index (κ1) is 22.0. The molecule has 0 saturated heterocycles. The zero-order valence-electron chi connectivity index (χ0n) is 16.3. The Morgan fingerprint density at radius 3 is 2.45 bits per heavy atom. The number of hydrogen-bond acceptors (Lipinski definition) is 6. The number of benzene rings is 1. The summed E-state index contributed by atoms with van der Waals surface area (Å²) in [7, 11) is -7.46. The van der Waals surface area contributed by atoms with Crippen LogP contribution in [-0.4, -0.2) is 40.1 Å². The van der Waals surface area contributed by atoms with Gasteiger partial charge in [-0.2, -0.15) is 0 Å². The topological polar surface area (TPSA) is 102 Å². The summed E-state index contributed by atoms with van der Waals surface area (Å²) in [5, 5.41) is -0.172. The highest BCUT2D eigenvalue weighted by atomic mass is 35.5. The average molecular weight is 457 g/mol. The summed E-state index contributed by atoms with van der Waals surface area (Å²) in [6.45, 7) is 5.26. The third kappa shape index (κ3) is 3.52. The van der Waals surface area contributed by atoms with Gasteiger partial charge in [0.05, 0.1) is 31.9 Å². The minimum absolute atomic E-state index is 0.0242. The van der Waals surface area contributed by atoms with Crippen LogP contribution in [0.15, 0.2) is 27.5 Å². The molecule has 0 unspecified atom stereocenters. The van der Waals surface area contributed by atoms with Gasteiger partial charge < -0.3 is 0 Å². The normalized spacial score (nSPS) is 21.0. The maximum Gasteiger partial charge on any atom is 0.201 e. The molecule has 0 radical (unpaired) electrons. The van der Waals surface area contributed by atoms with Crippen LogP contribution < -0.4 is 0 Å². The zero-order valence-corrected chi connectivity index (χ0v) is 18.7. The molecule has 3 rings (SSSR count). The van der Waals surface area contributed by atoms with Crippen molar-refractivity contribution in [1.29, 1.82) is 0 Å². The van der Waals surface area contributed by atoms with Gasteiger partial charge in [-0.05, 0) is 30.2 Å². The van der Waals surface area contributed by atoms with Crippen molar-refractivity contribution in [3.8, 4) is 0 Å². The van der Waals surface area contributed by atoms with Crippen molar-refractivity contribution in [1.82, 2.24) is 0 Å². The number of sulfone groups is 2. The predicted molar refractivity (Wildman–Crippen MR) is 111 cm³/mol. The van der Waals surface area contributed by atoms with Crippen LogP contribution in [-0.2, 0) is 34.7 Å². The average Bonchev–Trinajstić information content (AvgIpc) is 2.65. The van der Waals surface area contributed by atoms with Gasteiger partial charge in [-0.1, -0.05) is 44.5 Å². The number of rotatable bonds is 3. The maximum absolute atomic E-state index is 12.9. The third-order valence-corrected chi connectivity index (χ3v) is 9.87. The summed E-state index contributed by atoms with van der Waals surface area (Å²) in [5.41, 5.74) is -0.279. The van der Waals surface area contributed by atoms with E-state index < -0.39 is 30.9 Å². The molecule has 0 saturated carbocycles. The first-order valence-corrected chi connectivity index (χ1v) is 12.9. The predicted octanol–water partition coefficient (Wildman–Crippen LogP) is 3.06. The molecule has 0 amide bonds. The second kappa shape index (κ2) is 7.20. The number of allylic oxidation sites excluding steroid dienone is 3. The quantitative estimate of drug-likeness (QED) is 0.511. The molecule has 0 spiro atoms. The molecule has 0 atom stereocenters. The van der Waals surface area contributed by atoms with Crippen molar-refractivity contribution in [3.05, 3.63) is 38.8 Å². The van der Waals surface area contributed by atoms with Crippen LogP contribution in [0.2, 0.25) is 5.02 Å². The molecular formula is C20H21ClO6S2. The van der Waals surface area contributed by atoms with Crippen molar-refractivity contribution in [3.63, 3.8) is 0 Å². The molecule has 156 valence electrons. The third-order valence-electron chi connectivity index (χ3n) is 5.66. The fourth-order valence-corrected chi connectivity index (χ4v) is 7.75. The molecule has 1 aromatic rings. The Labute approximate surface area is 175 Å². The molecule has 0 fully saturated rings. The Bertz CT molecular complexity index is 1210. The highest BCUT2D eigenvalue weighted by Crippen LogP contribution is 2.46. The molecule has 29 heavy (non-hydrogen) atoms. The Hall–Kier alpha value is -1.73. The lowest BCUT2D eigenvalue weighted by molar-refractivity contribution is -0.110. The van der Waals surface area contributed by atoms with Gasteiger partial charge in [-0.15, -0.1) is 0 Å². The summed E-state index contributed by atoms with van der Waals surface area (Å²) in [5.74, 6) is 0.487. The number of Topliss-reactive ketones (excluding diaryl/α,β-unsaturated/α-hetero) is 1. The lowest BCUT2D eigenvalue weighted by atomic mass is 9.80. The highest BCUT2D eigenvalue weighted by Gasteiger charge is 2.40. The molecule has 2 aliphatic rings. The van der Waals surface area contributed by atoms with E-state index in [9.17, 15) is 26.4 Å². The van der Waals surface area contributed by atoms with Gasteiger partial charge in [0.2, 0.25) is 5.78 Å². The van der Waals surface area contributed by atoms with Crippen molar-refractivity contribution < 1.29 is 26.4 Å². The maximum atomic E-state index is 12.9. The van der Waals surface area contributed by atoms with Crippen LogP contribution in [0.1, 0.15) is 51.2 Å². The first-order chi connectivity index (χ1) is 13.4. The molecule has 1 aliphatic carbocycles.